The zero-order valence-electron chi connectivity index (χ0n) is 13.9. The number of carbonyl (C=O) groups is 1. The predicted octanol–water partition coefficient (Wildman–Crippen LogP) is 3.22. The van der Waals surface area contributed by atoms with E-state index in [0.29, 0.717) is 23.8 Å². The highest BCUT2D eigenvalue weighted by Crippen LogP contribution is 2.26. The van der Waals surface area contributed by atoms with E-state index < -0.39 is 0 Å². The third-order valence-electron chi connectivity index (χ3n) is 4.27. The fourth-order valence-electron chi connectivity index (χ4n) is 2.92. The molecule has 0 saturated carbocycles. The van der Waals surface area contributed by atoms with Gasteiger partial charge in [-0.15, -0.1) is 11.3 Å². The maximum absolute atomic E-state index is 12.7. The Labute approximate surface area is 160 Å². The van der Waals surface area contributed by atoms with Crippen molar-refractivity contribution in [3.8, 4) is 10.7 Å². The summed E-state index contributed by atoms with van der Waals surface area (Å²) in [5, 5.41) is 3.20. The fourth-order valence-corrected chi connectivity index (χ4v) is 3.92. The van der Waals surface area contributed by atoms with Crippen LogP contribution in [0.25, 0.3) is 10.7 Å². The van der Waals surface area contributed by atoms with Gasteiger partial charge < -0.3 is 9.80 Å². The van der Waals surface area contributed by atoms with Crippen LogP contribution in [0.15, 0.2) is 48.2 Å². The van der Waals surface area contributed by atoms with Crippen LogP contribution in [0, 0.1) is 0 Å². The maximum Gasteiger partial charge on any atom is 0.273 e. The molecule has 0 bridgehead atoms. The van der Waals surface area contributed by atoms with Gasteiger partial charge >= 0.3 is 0 Å². The molecule has 0 unspecified atom stereocenters. The largest absolute Gasteiger partial charge is 0.367 e. The predicted molar refractivity (Wildman–Crippen MR) is 103 cm³/mol. The normalized spacial score (nSPS) is 14.5. The molecule has 1 aliphatic heterocycles. The molecule has 3 aromatic rings. The molecule has 1 saturated heterocycles. The lowest BCUT2D eigenvalue weighted by Crippen LogP contribution is -2.49. The molecule has 1 fully saturated rings. The summed E-state index contributed by atoms with van der Waals surface area (Å²) in [6, 6.07) is 7.57. The summed E-state index contributed by atoms with van der Waals surface area (Å²) < 4.78 is 0. The molecule has 0 aromatic carbocycles. The number of aromatic nitrogens is 3. The van der Waals surface area contributed by atoms with Gasteiger partial charge in [0.2, 0.25) is 0 Å². The first-order valence-corrected chi connectivity index (χ1v) is 9.49. The molecule has 1 aliphatic rings. The molecule has 6 nitrogen and oxygen atoms in total. The highest BCUT2D eigenvalue weighted by Gasteiger charge is 2.25. The van der Waals surface area contributed by atoms with Crippen LogP contribution in [-0.2, 0) is 0 Å². The number of anilines is 1. The lowest BCUT2D eigenvalue weighted by molar-refractivity contribution is 0.0742. The number of rotatable bonds is 3. The number of halogens is 1. The van der Waals surface area contributed by atoms with Gasteiger partial charge in [0.15, 0.2) is 0 Å². The van der Waals surface area contributed by atoms with Gasteiger partial charge in [0.1, 0.15) is 10.7 Å². The first-order valence-electron chi connectivity index (χ1n) is 8.23. The smallest absolute Gasteiger partial charge is 0.273 e. The molecule has 0 N–H and O–H groups in total. The summed E-state index contributed by atoms with van der Waals surface area (Å²) in [7, 11) is 0. The van der Waals surface area contributed by atoms with Gasteiger partial charge in [0, 0.05) is 50.1 Å². The van der Waals surface area contributed by atoms with Crippen LogP contribution in [0.1, 0.15) is 10.5 Å². The summed E-state index contributed by atoms with van der Waals surface area (Å²) in [4.78, 5) is 29.5. The van der Waals surface area contributed by atoms with Crippen LogP contribution in [0.5, 0.6) is 0 Å². The number of amides is 1. The summed E-state index contributed by atoms with van der Waals surface area (Å²) in [5.74, 6) is -0.0380. The molecule has 3 aromatic heterocycles. The summed E-state index contributed by atoms with van der Waals surface area (Å²) in [6.07, 6.45) is 5.09. The topological polar surface area (TPSA) is 62.2 Å². The van der Waals surface area contributed by atoms with Crippen LogP contribution in [-0.4, -0.2) is 51.9 Å². The SMILES string of the molecule is O=C(c1csc(-c2ccccn2)n1)N1CCN(c2ccncc2Cl)CC1. The molecule has 26 heavy (non-hydrogen) atoms. The van der Waals surface area contributed by atoms with E-state index in [9.17, 15) is 4.79 Å². The molecule has 0 atom stereocenters. The van der Waals surface area contributed by atoms with E-state index in [2.05, 4.69) is 19.9 Å². The Morgan fingerprint density at radius 1 is 1.12 bits per heavy atom. The Hall–Kier alpha value is -2.51. The number of hydrogen-bond donors (Lipinski definition) is 0. The monoisotopic (exact) mass is 385 g/mol. The Bertz CT molecular complexity index is 909. The van der Waals surface area contributed by atoms with Crippen LogP contribution < -0.4 is 4.90 Å². The molecule has 0 radical (unpaired) electrons. The number of pyridine rings is 2. The number of hydrogen-bond acceptors (Lipinski definition) is 6. The van der Waals surface area contributed by atoms with Gasteiger partial charge in [0.05, 0.1) is 16.4 Å². The van der Waals surface area contributed by atoms with Crippen LogP contribution in [0.3, 0.4) is 0 Å². The minimum atomic E-state index is -0.0380. The third kappa shape index (κ3) is 3.40. The van der Waals surface area contributed by atoms with Gasteiger partial charge in [0.25, 0.3) is 5.91 Å². The maximum atomic E-state index is 12.7. The molecule has 4 rings (SSSR count). The zero-order chi connectivity index (χ0) is 17.9. The highest BCUT2D eigenvalue weighted by molar-refractivity contribution is 7.13. The highest BCUT2D eigenvalue weighted by atomic mass is 35.5. The average Bonchev–Trinajstić information content (AvgIpc) is 3.19. The molecule has 0 aliphatic carbocycles. The van der Waals surface area contributed by atoms with Crippen molar-refractivity contribution in [1.29, 1.82) is 0 Å². The second kappa shape index (κ2) is 7.39. The molecular formula is C18H16ClN5OS. The van der Waals surface area contributed by atoms with Crippen molar-refractivity contribution in [2.24, 2.45) is 0 Å². The molecule has 8 heteroatoms. The Balaban J connectivity index is 1.43. The molecule has 132 valence electrons. The minimum Gasteiger partial charge on any atom is -0.367 e. The Morgan fingerprint density at radius 2 is 1.96 bits per heavy atom. The number of piperazine rings is 1. The van der Waals surface area contributed by atoms with E-state index in [1.807, 2.05) is 29.2 Å². The average molecular weight is 386 g/mol. The Kier molecular flexibility index (Phi) is 4.81. The van der Waals surface area contributed by atoms with Crippen LogP contribution in [0.2, 0.25) is 5.02 Å². The van der Waals surface area contributed by atoms with Crippen molar-refractivity contribution in [3.05, 3.63) is 59.0 Å². The second-order valence-corrected chi connectivity index (χ2v) is 7.12. The van der Waals surface area contributed by atoms with Crippen LogP contribution >= 0.6 is 22.9 Å². The van der Waals surface area contributed by atoms with E-state index in [4.69, 9.17) is 11.6 Å². The fraction of sp³-hybridized carbons (Fsp3) is 0.222. The quantitative estimate of drug-likeness (QED) is 0.692. The standard InChI is InChI=1S/C18H16ClN5OS/c19-13-11-20-6-4-16(13)23-7-9-24(10-8-23)18(25)15-12-26-17(22-15)14-3-1-2-5-21-14/h1-6,11-12H,7-10H2. The van der Waals surface area contributed by atoms with Gasteiger partial charge in [-0.25, -0.2) is 4.98 Å². The van der Waals surface area contributed by atoms with Crippen molar-refractivity contribution in [3.63, 3.8) is 0 Å². The van der Waals surface area contributed by atoms with Gasteiger partial charge in [-0.3, -0.25) is 14.8 Å². The lowest BCUT2D eigenvalue weighted by Gasteiger charge is -2.36. The molecule has 4 heterocycles. The lowest BCUT2D eigenvalue weighted by atomic mass is 10.2. The van der Waals surface area contributed by atoms with Crippen molar-refractivity contribution in [2.75, 3.05) is 31.1 Å². The summed E-state index contributed by atoms with van der Waals surface area (Å²) >= 11 is 7.65. The van der Waals surface area contributed by atoms with Gasteiger partial charge in [-0.2, -0.15) is 0 Å². The van der Waals surface area contributed by atoms with Crippen LogP contribution in [0.4, 0.5) is 5.69 Å². The second-order valence-electron chi connectivity index (χ2n) is 5.86. The van der Waals surface area contributed by atoms with E-state index in [-0.39, 0.29) is 5.91 Å². The minimum absolute atomic E-state index is 0.0380. The van der Waals surface area contributed by atoms with E-state index in [0.717, 1.165) is 29.5 Å². The van der Waals surface area contributed by atoms with E-state index >= 15 is 0 Å². The number of nitrogens with zero attached hydrogens (tertiary/aromatic N) is 5. The van der Waals surface area contributed by atoms with E-state index in [1.165, 1.54) is 11.3 Å². The molecule has 0 spiro atoms. The van der Waals surface area contributed by atoms with Crippen molar-refractivity contribution >= 4 is 34.5 Å². The van der Waals surface area contributed by atoms with Gasteiger partial charge in [-0.1, -0.05) is 17.7 Å². The molecular weight excluding hydrogens is 370 g/mol. The molecule has 1 amide bonds. The van der Waals surface area contributed by atoms with E-state index in [1.54, 1.807) is 24.0 Å². The van der Waals surface area contributed by atoms with Crippen molar-refractivity contribution in [2.45, 2.75) is 0 Å². The summed E-state index contributed by atoms with van der Waals surface area (Å²) in [5.41, 5.74) is 2.22. The Morgan fingerprint density at radius 3 is 2.69 bits per heavy atom. The number of carbonyl (C=O) groups excluding carboxylic acids is 1. The zero-order valence-corrected chi connectivity index (χ0v) is 15.5. The third-order valence-corrected chi connectivity index (χ3v) is 5.42. The summed E-state index contributed by atoms with van der Waals surface area (Å²) in [6.45, 7) is 2.72. The van der Waals surface area contributed by atoms with Crippen molar-refractivity contribution < 1.29 is 4.79 Å². The van der Waals surface area contributed by atoms with Crippen molar-refractivity contribution in [1.82, 2.24) is 19.9 Å². The first kappa shape index (κ1) is 16.9. The number of thiazole rings is 1. The first-order chi connectivity index (χ1) is 12.7. The van der Waals surface area contributed by atoms with Gasteiger partial charge in [-0.05, 0) is 18.2 Å².